The maximum absolute atomic E-state index is 14.5. The minimum atomic E-state index is -0.685. The van der Waals surface area contributed by atoms with Crippen LogP contribution in [0, 0.1) is 5.92 Å². The molecule has 6 rings (SSSR count). The number of amides is 3. The van der Waals surface area contributed by atoms with E-state index >= 15 is 0 Å². The van der Waals surface area contributed by atoms with Crippen molar-refractivity contribution in [3.05, 3.63) is 102 Å². The number of aromatic amines is 1. The number of benzene rings is 3. The lowest BCUT2D eigenvalue weighted by Gasteiger charge is -2.38. The van der Waals surface area contributed by atoms with Crippen LogP contribution in [-0.4, -0.2) is 73.0 Å². The number of carbonyl (C=O) groups excluding carboxylic acids is 2. The molecule has 0 radical (unpaired) electrons. The van der Waals surface area contributed by atoms with Gasteiger partial charge in [0.05, 0.1) is 0 Å². The van der Waals surface area contributed by atoms with Crippen molar-refractivity contribution in [3.63, 3.8) is 0 Å². The van der Waals surface area contributed by atoms with Crippen LogP contribution in [0.4, 0.5) is 10.5 Å². The van der Waals surface area contributed by atoms with Crippen molar-refractivity contribution in [1.29, 1.82) is 0 Å². The largest absolute Gasteiger partial charge is 0.361 e. The number of nitrogens with zero attached hydrogens (tertiary/aromatic N) is 3. The second kappa shape index (κ2) is 12.4. The van der Waals surface area contributed by atoms with Gasteiger partial charge in [-0.3, -0.25) is 4.79 Å². The molecule has 3 aromatic carbocycles. The molecule has 1 saturated heterocycles. The van der Waals surface area contributed by atoms with Crippen LogP contribution in [0.5, 0.6) is 0 Å². The third-order valence-electron chi connectivity index (χ3n) is 8.87. The first kappa shape index (κ1) is 28.0. The van der Waals surface area contributed by atoms with Crippen molar-refractivity contribution >= 4 is 28.5 Å². The van der Waals surface area contributed by atoms with Crippen molar-refractivity contribution in [1.82, 2.24) is 20.1 Å². The van der Waals surface area contributed by atoms with Gasteiger partial charge >= 0.3 is 6.03 Å². The molecule has 2 N–H and O–H groups in total. The summed E-state index contributed by atoms with van der Waals surface area (Å²) in [6.07, 6.45) is 5.18. The standard InChI is InChI=1S/C35H41N5O2/c1-38(2)23-25-20-28-12-6-9-15-33(28)40(24-25)34(41)32(21-29-22-36-31-14-8-7-13-30(29)31)37-35(42)39-18-16-27(17-19-39)26-10-4-3-5-11-26/h3-15,22,25,27,32,36H,16-21,23-24H2,1-2H3,(H,37,42). The van der Waals surface area contributed by atoms with E-state index in [9.17, 15) is 9.59 Å². The molecule has 42 heavy (non-hydrogen) atoms. The molecule has 3 amide bonds. The van der Waals surface area contributed by atoms with Crippen molar-refractivity contribution < 1.29 is 9.59 Å². The van der Waals surface area contributed by atoms with E-state index in [4.69, 9.17) is 0 Å². The summed E-state index contributed by atoms with van der Waals surface area (Å²) in [6.45, 7) is 2.89. The fourth-order valence-electron chi connectivity index (χ4n) is 6.82. The molecule has 1 fully saturated rings. The number of carbonyl (C=O) groups is 2. The molecule has 7 heteroatoms. The predicted octanol–water partition coefficient (Wildman–Crippen LogP) is 5.44. The van der Waals surface area contributed by atoms with Crippen LogP contribution in [0.2, 0.25) is 0 Å². The van der Waals surface area contributed by atoms with Crippen molar-refractivity contribution in [3.8, 4) is 0 Å². The summed E-state index contributed by atoms with van der Waals surface area (Å²) in [5.41, 5.74) is 5.54. The fourth-order valence-corrected chi connectivity index (χ4v) is 6.82. The Morgan fingerprint density at radius 1 is 0.952 bits per heavy atom. The zero-order valence-corrected chi connectivity index (χ0v) is 24.6. The molecule has 7 nitrogen and oxygen atoms in total. The summed E-state index contributed by atoms with van der Waals surface area (Å²) < 4.78 is 0. The average molecular weight is 564 g/mol. The van der Waals surface area contributed by atoms with Gasteiger partial charge in [0.15, 0.2) is 0 Å². The number of anilines is 1. The molecule has 3 heterocycles. The van der Waals surface area contributed by atoms with Crippen molar-refractivity contribution in [2.24, 2.45) is 5.92 Å². The minimum Gasteiger partial charge on any atom is -0.361 e. The summed E-state index contributed by atoms with van der Waals surface area (Å²) in [5, 5.41) is 4.28. The Bertz CT molecular complexity index is 1520. The van der Waals surface area contributed by atoms with Crippen LogP contribution in [0.1, 0.15) is 35.4 Å². The lowest BCUT2D eigenvalue weighted by atomic mass is 9.89. The summed E-state index contributed by atoms with van der Waals surface area (Å²) in [4.78, 5) is 37.5. The number of aromatic nitrogens is 1. The predicted molar refractivity (Wildman–Crippen MR) is 169 cm³/mol. The normalized spacial score (nSPS) is 18.2. The number of H-pyrrole nitrogens is 1. The highest BCUT2D eigenvalue weighted by Crippen LogP contribution is 2.32. The molecule has 218 valence electrons. The second-order valence-corrected chi connectivity index (χ2v) is 12.1. The summed E-state index contributed by atoms with van der Waals surface area (Å²) in [6, 6.07) is 26.0. The van der Waals surface area contributed by atoms with Crippen LogP contribution in [-0.2, 0) is 17.6 Å². The lowest BCUT2D eigenvalue weighted by molar-refractivity contribution is -0.120. The number of fused-ring (bicyclic) bond motifs is 2. The van der Waals surface area contributed by atoms with Gasteiger partial charge in [-0.05, 0) is 74.0 Å². The van der Waals surface area contributed by atoms with E-state index in [0.717, 1.165) is 48.0 Å². The Hall–Kier alpha value is -4.10. The van der Waals surface area contributed by atoms with E-state index in [1.54, 1.807) is 0 Å². The molecule has 0 bridgehead atoms. The molecule has 2 unspecified atom stereocenters. The van der Waals surface area contributed by atoms with Gasteiger partial charge in [0.1, 0.15) is 6.04 Å². The average Bonchev–Trinajstić information content (AvgIpc) is 3.43. The number of likely N-dealkylation sites (tertiary alicyclic amines) is 1. The molecular weight excluding hydrogens is 522 g/mol. The summed E-state index contributed by atoms with van der Waals surface area (Å²) >= 11 is 0. The van der Waals surface area contributed by atoms with Crippen molar-refractivity contribution in [2.75, 3.05) is 45.2 Å². The molecule has 2 atom stereocenters. The highest BCUT2D eigenvalue weighted by molar-refractivity contribution is 6.00. The Morgan fingerprint density at radius 2 is 1.67 bits per heavy atom. The monoisotopic (exact) mass is 563 g/mol. The number of urea groups is 1. The molecule has 0 aliphatic carbocycles. The molecule has 1 aromatic heterocycles. The van der Waals surface area contributed by atoms with Gasteiger partial charge < -0.3 is 25.0 Å². The topological polar surface area (TPSA) is 71.7 Å². The molecule has 2 aliphatic heterocycles. The first-order chi connectivity index (χ1) is 20.5. The number of hydrogen-bond acceptors (Lipinski definition) is 3. The van der Waals surface area contributed by atoms with Gasteiger partial charge in [0.2, 0.25) is 5.91 Å². The maximum Gasteiger partial charge on any atom is 0.318 e. The summed E-state index contributed by atoms with van der Waals surface area (Å²) in [7, 11) is 4.15. The van der Waals surface area contributed by atoms with Gasteiger partial charge in [-0.25, -0.2) is 4.79 Å². The van der Waals surface area contributed by atoms with E-state index in [2.05, 4.69) is 65.7 Å². The third-order valence-corrected chi connectivity index (χ3v) is 8.87. The number of para-hydroxylation sites is 2. The fraction of sp³-hybridized carbons (Fsp3) is 0.371. The Morgan fingerprint density at radius 3 is 2.45 bits per heavy atom. The minimum absolute atomic E-state index is 0.0521. The van der Waals surface area contributed by atoms with Crippen LogP contribution in [0.15, 0.2) is 85.1 Å². The van der Waals surface area contributed by atoms with Gasteiger partial charge in [0, 0.05) is 55.4 Å². The van der Waals surface area contributed by atoms with Crippen LogP contribution in [0.3, 0.4) is 0 Å². The lowest BCUT2D eigenvalue weighted by Crippen LogP contribution is -2.56. The summed E-state index contributed by atoms with van der Waals surface area (Å²) in [5.74, 6) is 0.724. The van der Waals surface area contributed by atoms with E-state index in [-0.39, 0.29) is 11.9 Å². The van der Waals surface area contributed by atoms with Gasteiger partial charge in [0.25, 0.3) is 0 Å². The van der Waals surface area contributed by atoms with Gasteiger partial charge in [-0.15, -0.1) is 0 Å². The first-order valence-corrected chi connectivity index (χ1v) is 15.2. The Kier molecular flexibility index (Phi) is 8.29. The van der Waals surface area contributed by atoms with Crippen LogP contribution < -0.4 is 10.2 Å². The molecular formula is C35H41N5O2. The zero-order valence-electron chi connectivity index (χ0n) is 24.6. The molecule has 0 saturated carbocycles. The number of nitrogens with one attached hydrogen (secondary N) is 2. The van der Waals surface area contributed by atoms with Crippen molar-refractivity contribution in [2.45, 2.75) is 37.6 Å². The smallest absolute Gasteiger partial charge is 0.318 e. The SMILES string of the molecule is CN(C)CC1Cc2ccccc2N(C(=O)C(Cc2c[nH]c3ccccc23)NC(=O)N2CCC(c3ccccc3)CC2)C1. The molecule has 4 aromatic rings. The van der Waals surface area contributed by atoms with Gasteiger partial charge in [-0.1, -0.05) is 66.7 Å². The molecule has 2 aliphatic rings. The first-order valence-electron chi connectivity index (χ1n) is 15.2. The Balaban J connectivity index is 1.24. The number of rotatable bonds is 7. The number of piperidine rings is 1. The van der Waals surface area contributed by atoms with E-state index in [1.165, 1.54) is 11.1 Å². The number of hydrogen-bond donors (Lipinski definition) is 2. The van der Waals surface area contributed by atoms with E-state index in [1.807, 2.05) is 58.5 Å². The van der Waals surface area contributed by atoms with E-state index < -0.39 is 6.04 Å². The van der Waals surface area contributed by atoms with Crippen LogP contribution >= 0.6 is 0 Å². The third kappa shape index (κ3) is 6.07. The highest BCUT2D eigenvalue weighted by atomic mass is 16.2. The van der Waals surface area contributed by atoms with Crippen LogP contribution in [0.25, 0.3) is 10.9 Å². The highest BCUT2D eigenvalue weighted by Gasteiger charge is 2.35. The second-order valence-electron chi connectivity index (χ2n) is 12.1. The van der Waals surface area contributed by atoms with E-state index in [0.29, 0.717) is 37.9 Å². The zero-order chi connectivity index (χ0) is 29.1. The Labute approximate surface area is 248 Å². The van der Waals surface area contributed by atoms with Gasteiger partial charge in [-0.2, -0.15) is 0 Å². The quantitative estimate of drug-likeness (QED) is 0.315. The molecule has 0 spiro atoms. The maximum atomic E-state index is 14.5.